The van der Waals surface area contributed by atoms with Crippen LogP contribution in [0.4, 0.5) is 0 Å². The fraction of sp³-hybridized carbons (Fsp3) is 0.353. The molecule has 0 aliphatic carbocycles. The van der Waals surface area contributed by atoms with E-state index in [1.807, 2.05) is 0 Å². The Bertz CT molecular complexity index is 854. The summed E-state index contributed by atoms with van der Waals surface area (Å²) in [7, 11) is 0. The molecule has 1 aliphatic rings. The Morgan fingerprint density at radius 1 is 1.25 bits per heavy atom. The highest BCUT2D eigenvalue weighted by atomic mass is 35.5. The normalized spacial score (nSPS) is 15.5. The van der Waals surface area contributed by atoms with Crippen molar-refractivity contribution in [2.24, 2.45) is 0 Å². The highest BCUT2D eigenvalue weighted by Crippen LogP contribution is 2.18. The number of carbonyl (C=O) groups is 2. The van der Waals surface area contributed by atoms with E-state index >= 15 is 0 Å². The van der Waals surface area contributed by atoms with Gasteiger partial charge in [-0.15, -0.1) is 0 Å². The molecule has 24 heavy (non-hydrogen) atoms. The monoisotopic (exact) mass is 349 g/mol. The molecule has 1 aromatic heterocycles. The van der Waals surface area contributed by atoms with Gasteiger partial charge in [0.2, 0.25) is 5.76 Å². The molecule has 1 atom stereocenters. The first kappa shape index (κ1) is 16.5. The summed E-state index contributed by atoms with van der Waals surface area (Å²) in [5.41, 5.74) is -0.165. The lowest BCUT2D eigenvalue weighted by Gasteiger charge is -2.20. The summed E-state index contributed by atoms with van der Waals surface area (Å²) < 4.78 is 10.6. The fourth-order valence-electron chi connectivity index (χ4n) is 2.69. The molecule has 1 saturated heterocycles. The van der Waals surface area contributed by atoms with Gasteiger partial charge in [0.1, 0.15) is 5.58 Å². The zero-order valence-electron chi connectivity index (χ0n) is 13.1. The van der Waals surface area contributed by atoms with Crippen LogP contribution in [0.3, 0.4) is 0 Å². The number of nitrogens with zero attached hydrogens (tertiary/aromatic N) is 1. The molecule has 0 N–H and O–H groups in total. The molecule has 1 aliphatic heterocycles. The molecule has 7 heteroatoms. The van der Waals surface area contributed by atoms with Gasteiger partial charge in [-0.3, -0.25) is 9.59 Å². The van der Waals surface area contributed by atoms with Crippen LogP contribution in [-0.2, 0) is 9.53 Å². The van der Waals surface area contributed by atoms with Gasteiger partial charge in [-0.05, 0) is 38.0 Å². The Balaban J connectivity index is 1.79. The molecule has 1 aromatic carbocycles. The molecular formula is C17H16ClNO5. The summed E-state index contributed by atoms with van der Waals surface area (Å²) >= 11 is 5.84. The van der Waals surface area contributed by atoms with Crippen molar-refractivity contribution in [1.82, 2.24) is 4.90 Å². The SMILES string of the molecule is C[C@@H](OC(=O)c1cc(=O)c2cc(Cl)ccc2o1)C(=O)N1CCCC1. The summed E-state index contributed by atoms with van der Waals surface area (Å²) in [6.07, 6.45) is 0.977. The lowest BCUT2D eigenvalue weighted by atomic mass is 10.2. The first-order chi connectivity index (χ1) is 11.5. The van der Waals surface area contributed by atoms with E-state index in [0.29, 0.717) is 18.1 Å². The molecular weight excluding hydrogens is 334 g/mol. The topological polar surface area (TPSA) is 76.8 Å². The Kier molecular flexibility index (Phi) is 4.57. The standard InChI is InChI=1S/C17H16ClNO5/c1-10(16(21)19-6-2-3-7-19)23-17(22)15-9-13(20)12-8-11(18)4-5-14(12)24-15/h4-5,8-10H,2-3,6-7H2,1H3/t10-/m1/s1. The summed E-state index contributed by atoms with van der Waals surface area (Å²) in [4.78, 5) is 38.1. The molecule has 0 bridgehead atoms. The molecule has 6 nitrogen and oxygen atoms in total. The highest BCUT2D eigenvalue weighted by molar-refractivity contribution is 6.31. The predicted molar refractivity (Wildman–Crippen MR) is 88.2 cm³/mol. The van der Waals surface area contributed by atoms with Gasteiger partial charge in [0.15, 0.2) is 11.5 Å². The van der Waals surface area contributed by atoms with E-state index in [9.17, 15) is 14.4 Å². The number of hydrogen-bond donors (Lipinski definition) is 0. The molecule has 0 saturated carbocycles. The van der Waals surface area contributed by atoms with Crippen LogP contribution in [0.15, 0.2) is 33.5 Å². The summed E-state index contributed by atoms with van der Waals surface area (Å²) in [5, 5.41) is 0.676. The van der Waals surface area contributed by atoms with E-state index in [0.717, 1.165) is 18.9 Å². The Labute approximate surface area is 142 Å². The maximum Gasteiger partial charge on any atom is 0.375 e. The number of hydrogen-bond acceptors (Lipinski definition) is 5. The van der Waals surface area contributed by atoms with E-state index in [1.165, 1.54) is 19.1 Å². The molecule has 0 radical (unpaired) electrons. The fourth-order valence-corrected chi connectivity index (χ4v) is 2.86. The Morgan fingerprint density at radius 3 is 2.67 bits per heavy atom. The molecule has 3 rings (SSSR count). The van der Waals surface area contributed by atoms with Crippen LogP contribution in [0.5, 0.6) is 0 Å². The van der Waals surface area contributed by atoms with Crippen LogP contribution in [0.1, 0.15) is 30.3 Å². The van der Waals surface area contributed by atoms with Crippen LogP contribution in [0.25, 0.3) is 11.0 Å². The number of amides is 1. The van der Waals surface area contributed by atoms with Gasteiger partial charge >= 0.3 is 5.97 Å². The number of rotatable bonds is 3. The second-order valence-corrected chi connectivity index (χ2v) is 6.13. The molecule has 2 heterocycles. The van der Waals surface area contributed by atoms with Gasteiger partial charge < -0.3 is 14.1 Å². The van der Waals surface area contributed by atoms with Crippen LogP contribution >= 0.6 is 11.6 Å². The van der Waals surface area contributed by atoms with Crippen LogP contribution < -0.4 is 5.43 Å². The quantitative estimate of drug-likeness (QED) is 0.796. The number of fused-ring (bicyclic) bond motifs is 1. The van der Waals surface area contributed by atoms with Crippen LogP contribution in [0.2, 0.25) is 5.02 Å². The van der Waals surface area contributed by atoms with Crippen molar-refractivity contribution in [3.63, 3.8) is 0 Å². The van der Waals surface area contributed by atoms with Crippen molar-refractivity contribution in [2.45, 2.75) is 25.9 Å². The van der Waals surface area contributed by atoms with E-state index in [-0.39, 0.29) is 22.6 Å². The summed E-state index contributed by atoms with van der Waals surface area (Å²) in [5.74, 6) is -1.32. The van der Waals surface area contributed by atoms with E-state index < -0.39 is 17.5 Å². The summed E-state index contributed by atoms with van der Waals surface area (Å²) in [6.45, 7) is 2.86. The van der Waals surface area contributed by atoms with Crippen molar-refractivity contribution in [1.29, 1.82) is 0 Å². The molecule has 126 valence electrons. The van der Waals surface area contributed by atoms with E-state index in [4.69, 9.17) is 20.8 Å². The molecule has 0 spiro atoms. The van der Waals surface area contributed by atoms with Crippen molar-refractivity contribution < 1.29 is 18.7 Å². The second-order valence-electron chi connectivity index (χ2n) is 5.70. The minimum Gasteiger partial charge on any atom is -0.449 e. The molecule has 2 aromatic rings. The molecule has 1 fully saturated rings. The number of esters is 1. The highest BCUT2D eigenvalue weighted by Gasteiger charge is 2.27. The molecule has 0 unspecified atom stereocenters. The number of benzene rings is 1. The number of carbonyl (C=O) groups excluding carboxylic acids is 2. The van der Waals surface area contributed by atoms with Crippen molar-refractivity contribution in [2.75, 3.05) is 13.1 Å². The average Bonchev–Trinajstić information content (AvgIpc) is 3.08. The predicted octanol–water partition coefficient (Wildman–Crippen LogP) is 2.61. The minimum absolute atomic E-state index is 0.234. The smallest absolute Gasteiger partial charge is 0.375 e. The first-order valence-corrected chi connectivity index (χ1v) is 8.06. The first-order valence-electron chi connectivity index (χ1n) is 7.69. The second kappa shape index (κ2) is 6.65. The van der Waals surface area contributed by atoms with Gasteiger partial charge in [-0.2, -0.15) is 0 Å². The number of ether oxygens (including phenoxy) is 1. The van der Waals surface area contributed by atoms with Crippen molar-refractivity contribution in [3.05, 3.63) is 45.3 Å². The zero-order valence-corrected chi connectivity index (χ0v) is 13.8. The van der Waals surface area contributed by atoms with Gasteiger partial charge in [-0.25, -0.2) is 4.79 Å². The van der Waals surface area contributed by atoms with Crippen LogP contribution in [-0.4, -0.2) is 36.0 Å². The van der Waals surface area contributed by atoms with Gasteiger partial charge in [0.25, 0.3) is 5.91 Å². The van der Waals surface area contributed by atoms with Crippen molar-refractivity contribution in [3.8, 4) is 0 Å². The largest absolute Gasteiger partial charge is 0.449 e. The Morgan fingerprint density at radius 2 is 1.96 bits per heavy atom. The van der Waals surface area contributed by atoms with Crippen LogP contribution in [0, 0.1) is 0 Å². The van der Waals surface area contributed by atoms with E-state index in [2.05, 4.69) is 0 Å². The number of halogens is 1. The average molecular weight is 350 g/mol. The number of likely N-dealkylation sites (tertiary alicyclic amines) is 1. The minimum atomic E-state index is -0.929. The van der Waals surface area contributed by atoms with Gasteiger partial charge in [-0.1, -0.05) is 11.6 Å². The maximum atomic E-state index is 12.2. The van der Waals surface area contributed by atoms with Gasteiger partial charge in [0, 0.05) is 24.2 Å². The van der Waals surface area contributed by atoms with E-state index in [1.54, 1.807) is 11.0 Å². The lowest BCUT2D eigenvalue weighted by Crippen LogP contribution is -2.38. The Hall–Kier alpha value is -2.34. The summed E-state index contributed by atoms with van der Waals surface area (Å²) in [6, 6.07) is 5.58. The van der Waals surface area contributed by atoms with Gasteiger partial charge in [0.05, 0.1) is 5.39 Å². The third kappa shape index (κ3) is 3.28. The van der Waals surface area contributed by atoms with Crippen molar-refractivity contribution >= 4 is 34.4 Å². The third-order valence-corrected chi connectivity index (χ3v) is 4.17. The maximum absolute atomic E-state index is 12.2. The zero-order chi connectivity index (χ0) is 17.3. The molecule has 1 amide bonds. The third-order valence-electron chi connectivity index (χ3n) is 3.94. The lowest BCUT2D eigenvalue weighted by molar-refractivity contribution is -0.138.